The normalized spacial score (nSPS) is 18.0. The van der Waals surface area contributed by atoms with E-state index in [9.17, 15) is 16.8 Å². The Morgan fingerprint density at radius 3 is 1.81 bits per heavy atom. The lowest BCUT2D eigenvalue weighted by Gasteiger charge is -2.28. The van der Waals surface area contributed by atoms with Crippen LogP contribution in [0.2, 0.25) is 5.02 Å². The molecule has 9 heteroatoms. The van der Waals surface area contributed by atoms with E-state index >= 15 is 0 Å². The Morgan fingerprint density at radius 1 is 0.676 bits per heavy atom. The monoisotopic (exact) mass is 550 g/mol. The minimum absolute atomic E-state index is 0.0145. The Kier molecular flexibility index (Phi) is 6.66. The van der Waals surface area contributed by atoms with Gasteiger partial charge in [0.15, 0.2) is 15.2 Å². The van der Waals surface area contributed by atoms with Crippen molar-refractivity contribution in [1.29, 1.82) is 0 Å². The second-order valence-corrected chi connectivity index (χ2v) is 13.2. The van der Waals surface area contributed by atoms with Crippen LogP contribution >= 0.6 is 11.6 Å². The molecule has 6 nitrogen and oxygen atoms in total. The number of sulfone groups is 2. The standard InChI is InChI=1S/C28H23ClN2O4S2/c1-20-12-18-25(19-13-20)37(34,35)28-27(36(32,33)24-10-6-3-7-11-24)26(21-14-16-22(29)17-15-21)30-31(28)23-8-4-2-5-9-23/h2-19,27-28H,1H3/t27-,28+/m1/s1. The van der Waals surface area contributed by atoms with Crippen molar-refractivity contribution >= 4 is 42.7 Å². The fourth-order valence-electron chi connectivity index (χ4n) is 4.34. The predicted octanol–water partition coefficient (Wildman–Crippen LogP) is 5.52. The second kappa shape index (κ2) is 9.78. The Hall–Kier alpha value is -3.46. The summed E-state index contributed by atoms with van der Waals surface area (Å²) in [5, 5.41) is 3.39. The Labute approximate surface area is 221 Å². The molecular formula is C28H23ClN2O4S2. The molecule has 1 aliphatic heterocycles. The first kappa shape index (κ1) is 25.2. The van der Waals surface area contributed by atoms with Gasteiger partial charge in [0, 0.05) is 5.02 Å². The van der Waals surface area contributed by atoms with Gasteiger partial charge in [-0.15, -0.1) is 0 Å². The highest BCUT2D eigenvalue weighted by Gasteiger charge is 2.53. The topological polar surface area (TPSA) is 83.9 Å². The number of hydrazone groups is 1. The summed E-state index contributed by atoms with van der Waals surface area (Å²) in [6.45, 7) is 1.85. The van der Waals surface area contributed by atoms with E-state index in [2.05, 4.69) is 5.10 Å². The van der Waals surface area contributed by atoms with E-state index in [1.165, 1.54) is 29.3 Å². The molecule has 2 atom stereocenters. The zero-order chi connectivity index (χ0) is 26.2. The Balaban J connectivity index is 1.79. The van der Waals surface area contributed by atoms with E-state index in [4.69, 9.17) is 11.6 Å². The van der Waals surface area contributed by atoms with Crippen molar-refractivity contribution in [3.8, 4) is 0 Å². The van der Waals surface area contributed by atoms with Crippen molar-refractivity contribution in [1.82, 2.24) is 0 Å². The fourth-order valence-corrected chi connectivity index (χ4v) is 8.75. The lowest BCUT2D eigenvalue weighted by Crippen LogP contribution is -2.48. The van der Waals surface area contributed by atoms with E-state index < -0.39 is 30.3 Å². The molecule has 0 radical (unpaired) electrons. The second-order valence-electron chi connectivity index (χ2n) is 8.70. The van der Waals surface area contributed by atoms with Crippen LogP contribution in [0.4, 0.5) is 5.69 Å². The molecule has 4 aromatic carbocycles. The molecule has 0 amide bonds. The largest absolute Gasteiger partial charge is 0.245 e. The average molecular weight is 551 g/mol. The summed E-state index contributed by atoms with van der Waals surface area (Å²) in [6, 6.07) is 29.5. The maximum Gasteiger partial charge on any atom is 0.203 e. The van der Waals surface area contributed by atoms with Gasteiger partial charge in [-0.05, 0) is 61.0 Å². The van der Waals surface area contributed by atoms with E-state index in [0.29, 0.717) is 16.3 Å². The molecule has 188 valence electrons. The van der Waals surface area contributed by atoms with Crippen LogP contribution in [0.15, 0.2) is 124 Å². The summed E-state index contributed by atoms with van der Waals surface area (Å²) in [5.74, 6) is 0. The fraction of sp³-hybridized carbons (Fsp3) is 0.107. The van der Waals surface area contributed by atoms with Crippen LogP contribution in [0, 0.1) is 6.92 Å². The van der Waals surface area contributed by atoms with Gasteiger partial charge in [0.2, 0.25) is 9.84 Å². The van der Waals surface area contributed by atoms with Gasteiger partial charge in [-0.3, -0.25) is 0 Å². The van der Waals surface area contributed by atoms with Gasteiger partial charge in [-0.25, -0.2) is 21.8 Å². The molecule has 0 aliphatic carbocycles. The highest BCUT2D eigenvalue weighted by Crippen LogP contribution is 2.38. The highest BCUT2D eigenvalue weighted by molar-refractivity contribution is 7.96. The van der Waals surface area contributed by atoms with Gasteiger partial charge >= 0.3 is 0 Å². The third-order valence-corrected chi connectivity index (χ3v) is 10.8. The molecule has 0 aromatic heterocycles. The summed E-state index contributed by atoms with van der Waals surface area (Å²) in [4.78, 5) is 0.0329. The number of anilines is 1. The lowest BCUT2D eigenvalue weighted by atomic mass is 10.1. The molecule has 1 heterocycles. The maximum atomic E-state index is 14.2. The maximum absolute atomic E-state index is 14.2. The minimum atomic E-state index is -4.24. The van der Waals surface area contributed by atoms with Gasteiger partial charge in [-0.2, -0.15) is 5.10 Å². The lowest BCUT2D eigenvalue weighted by molar-refractivity contribution is 0.566. The first-order chi connectivity index (χ1) is 17.7. The summed E-state index contributed by atoms with van der Waals surface area (Å²) < 4.78 is 56.9. The number of hydrogen-bond acceptors (Lipinski definition) is 6. The van der Waals surface area contributed by atoms with Crippen LogP contribution in [0.1, 0.15) is 11.1 Å². The van der Waals surface area contributed by atoms with Crippen LogP contribution in [-0.4, -0.2) is 33.2 Å². The third kappa shape index (κ3) is 4.68. The number of halogens is 1. The number of para-hydroxylation sites is 1. The number of aryl methyl sites for hydroxylation is 1. The van der Waals surface area contributed by atoms with Crippen LogP contribution in [0.3, 0.4) is 0 Å². The number of nitrogens with zero attached hydrogens (tertiary/aromatic N) is 2. The molecule has 0 N–H and O–H groups in total. The number of hydrogen-bond donors (Lipinski definition) is 0. The molecule has 1 aliphatic rings. The molecule has 0 bridgehead atoms. The van der Waals surface area contributed by atoms with Gasteiger partial charge in [0.05, 0.1) is 21.2 Å². The van der Waals surface area contributed by atoms with Crippen LogP contribution < -0.4 is 5.01 Å². The molecule has 5 rings (SSSR count). The highest BCUT2D eigenvalue weighted by atomic mass is 35.5. The van der Waals surface area contributed by atoms with Crippen molar-refractivity contribution in [2.75, 3.05) is 5.01 Å². The quantitative estimate of drug-likeness (QED) is 0.316. The van der Waals surface area contributed by atoms with Crippen LogP contribution in [0.5, 0.6) is 0 Å². The Morgan fingerprint density at radius 2 is 1.22 bits per heavy atom. The molecule has 0 saturated carbocycles. The van der Waals surface area contributed by atoms with E-state index in [0.717, 1.165) is 5.56 Å². The first-order valence-corrected chi connectivity index (χ1v) is 14.9. The van der Waals surface area contributed by atoms with Gasteiger partial charge in [-0.1, -0.05) is 77.8 Å². The summed E-state index contributed by atoms with van der Waals surface area (Å²) in [5.41, 5.74) is 1.94. The van der Waals surface area contributed by atoms with Crippen LogP contribution in [0.25, 0.3) is 0 Å². The minimum Gasteiger partial charge on any atom is -0.245 e. The predicted molar refractivity (Wildman–Crippen MR) is 146 cm³/mol. The van der Waals surface area contributed by atoms with Crippen molar-refractivity contribution in [3.05, 3.63) is 125 Å². The molecule has 0 spiro atoms. The summed E-state index contributed by atoms with van der Waals surface area (Å²) in [7, 11) is -8.46. The zero-order valence-electron chi connectivity index (χ0n) is 19.8. The molecular weight excluding hydrogens is 528 g/mol. The van der Waals surface area contributed by atoms with Crippen LogP contribution in [-0.2, 0) is 19.7 Å². The van der Waals surface area contributed by atoms with Gasteiger partial charge in [0.25, 0.3) is 0 Å². The molecule has 0 saturated heterocycles. The van der Waals surface area contributed by atoms with Crippen molar-refractivity contribution < 1.29 is 16.8 Å². The molecule has 4 aromatic rings. The number of benzene rings is 4. The third-order valence-electron chi connectivity index (χ3n) is 6.22. The SMILES string of the molecule is Cc1ccc(S(=O)(=O)[C@H]2[C@H](S(=O)(=O)c3ccccc3)C(c3ccc(Cl)cc3)=NN2c2ccccc2)cc1. The van der Waals surface area contributed by atoms with E-state index in [1.54, 1.807) is 84.9 Å². The number of rotatable bonds is 6. The van der Waals surface area contributed by atoms with E-state index in [-0.39, 0.29) is 15.5 Å². The summed E-state index contributed by atoms with van der Waals surface area (Å²) in [6.07, 6.45) is 0. The smallest absolute Gasteiger partial charge is 0.203 e. The van der Waals surface area contributed by atoms with E-state index in [1.807, 2.05) is 6.92 Å². The average Bonchev–Trinajstić information content (AvgIpc) is 3.33. The summed E-state index contributed by atoms with van der Waals surface area (Å²) >= 11 is 6.09. The Bertz CT molecular complexity index is 1660. The van der Waals surface area contributed by atoms with Crippen molar-refractivity contribution in [2.24, 2.45) is 5.10 Å². The first-order valence-electron chi connectivity index (χ1n) is 11.5. The zero-order valence-corrected chi connectivity index (χ0v) is 22.2. The molecule has 0 fully saturated rings. The molecule has 0 unspecified atom stereocenters. The molecule has 37 heavy (non-hydrogen) atoms. The van der Waals surface area contributed by atoms with Crippen molar-refractivity contribution in [2.45, 2.75) is 27.3 Å². The van der Waals surface area contributed by atoms with Gasteiger partial charge in [0.1, 0.15) is 5.25 Å². The van der Waals surface area contributed by atoms with Gasteiger partial charge < -0.3 is 0 Å². The van der Waals surface area contributed by atoms with Crippen molar-refractivity contribution in [3.63, 3.8) is 0 Å².